The van der Waals surface area contributed by atoms with E-state index in [2.05, 4.69) is 18.7 Å². The molecule has 2 atom stereocenters. The van der Waals surface area contributed by atoms with Crippen LogP contribution in [-0.2, 0) is 11.3 Å². The molecule has 1 saturated heterocycles. The summed E-state index contributed by atoms with van der Waals surface area (Å²) in [5.41, 5.74) is 6.98. The van der Waals surface area contributed by atoms with Gasteiger partial charge in [-0.3, -0.25) is 9.69 Å². The molecule has 1 aromatic rings. The van der Waals surface area contributed by atoms with Crippen molar-refractivity contribution in [2.45, 2.75) is 32.5 Å². The SMILES string of the molecule is CC1COCC(C)N1Cc1ccc(C(N)=O)cc1. The van der Waals surface area contributed by atoms with E-state index < -0.39 is 0 Å². The van der Waals surface area contributed by atoms with Crippen LogP contribution < -0.4 is 5.73 Å². The molecule has 18 heavy (non-hydrogen) atoms. The van der Waals surface area contributed by atoms with Gasteiger partial charge >= 0.3 is 0 Å². The molecule has 0 aromatic heterocycles. The molecule has 4 heteroatoms. The van der Waals surface area contributed by atoms with Crippen molar-refractivity contribution in [3.05, 3.63) is 35.4 Å². The largest absolute Gasteiger partial charge is 0.378 e. The second-order valence-corrected chi connectivity index (χ2v) is 4.97. The molecule has 1 aliphatic rings. The lowest BCUT2D eigenvalue weighted by Gasteiger charge is -2.38. The summed E-state index contributed by atoms with van der Waals surface area (Å²) < 4.78 is 5.51. The molecule has 0 saturated carbocycles. The number of hydrogen-bond acceptors (Lipinski definition) is 3. The molecule has 1 heterocycles. The Kier molecular flexibility index (Phi) is 3.99. The van der Waals surface area contributed by atoms with Gasteiger partial charge in [0.25, 0.3) is 0 Å². The molecule has 0 spiro atoms. The summed E-state index contributed by atoms with van der Waals surface area (Å²) in [5, 5.41) is 0. The third kappa shape index (κ3) is 2.89. The van der Waals surface area contributed by atoms with Crippen LogP contribution >= 0.6 is 0 Å². The van der Waals surface area contributed by atoms with Gasteiger partial charge in [-0.25, -0.2) is 0 Å². The van der Waals surface area contributed by atoms with Crippen molar-refractivity contribution in [1.29, 1.82) is 0 Å². The molecule has 98 valence electrons. The first-order chi connectivity index (χ1) is 8.58. The van der Waals surface area contributed by atoms with Gasteiger partial charge in [-0.15, -0.1) is 0 Å². The normalized spacial score (nSPS) is 25.0. The van der Waals surface area contributed by atoms with Crippen LogP contribution in [0.15, 0.2) is 24.3 Å². The summed E-state index contributed by atoms with van der Waals surface area (Å²) in [6, 6.07) is 8.35. The highest BCUT2D eigenvalue weighted by Crippen LogP contribution is 2.17. The molecule has 2 rings (SSSR count). The Morgan fingerprint density at radius 2 is 1.83 bits per heavy atom. The molecule has 4 nitrogen and oxygen atoms in total. The van der Waals surface area contributed by atoms with Gasteiger partial charge < -0.3 is 10.5 Å². The molecule has 0 radical (unpaired) electrons. The number of morpholine rings is 1. The monoisotopic (exact) mass is 248 g/mol. The van der Waals surface area contributed by atoms with E-state index in [1.54, 1.807) is 12.1 Å². The van der Waals surface area contributed by atoms with Crippen LogP contribution in [-0.4, -0.2) is 36.1 Å². The van der Waals surface area contributed by atoms with Crippen molar-refractivity contribution in [3.63, 3.8) is 0 Å². The van der Waals surface area contributed by atoms with E-state index in [0.29, 0.717) is 17.6 Å². The number of nitrogens with zero attached hydrogens (tertiary/aromatic N) is 1. The van der Waals surface area contributed by atoms with E-state index in [1.165, 1.54) is 5.56 Å². The van der Waals surface area contributed by atoms with Crippen LogP contribution in [0.4, 0.5) is 0 Å². The number of amides is 1. The maximum atomic E-state index is 11.0. The summed E-state index contributed by atoms with van der Waals surface area (Å²) in [4.78, 5) is 13.4. The Labute approximate surface area is 108 Å². The standard InChI is InChI=1S/C14H20N2O2/c1-10-8-18-9-11(2)16(10)7-12-3-5-13(6-4-12)14(15)17/h3-6,10-11H,7-9H2,1-2H3,(H2,15,17). The number of carbonyl (C=O) groups excluding carboxylic acids is 1. The Balaban J connectivity index is 2.06. The Bertz CT molecular complexity index is 406. The second kappa shape index (κ2) is 5.50. The average molecular weight is 248 g/mol. The predicted molar refractivity (Wildman–Crippen MR) is 70.2 cm³/mol. The van der Waals surface area contributed by atoms with Crippen molar-refractivity contribution < 1.29 is 9.53 Å². The Hall–Kier alpha value is -1.39. The molecule has 1 aliphatic heterocycles. The Morgan fingerprint density at radius 1 is 1.28 bits per heavy atom. The second-order valence-electron chi connectivity index (χ2n) is 4.97. The van der Waals surface area contributed by atoms with Gasteiger partial charge in [0.2, 0.25) is 5.91 Å². The lowest BCUT2D eigenvalue weighted by molar-refractivity contribution is -0.0409. The zero-order valence-corrected chi connectivity index (χ0v) is 10.9. The van der Waals surface area contributed by atoms with E-state index >= 15 is 0 Å². The minimum Gasteiger partial charge on any atom is -0.378 e. The van der Waals surface area contributed by atoms with Crippen molar-refractivity contribution in [2.75, 3.05) is 13.2 Å². The van der Waals surface area contributed by atoms with Crippen LogP contribution in [0, 0.1) is 0 Å². The molecule has 2 N–H and O–H groups in total. The van der Waals surface area contributed by atoms with E-state index in [4.69, 9.17) is 10.5 Å². The molecule has 1 fully saturated rings. The summed E-state index contributed by atoms with van der Waals surface area (Å²) in [6.07, 6.45) is 0. The summed E-state index contributed by atoms with van der Waals surface area (Å²) in [5.74, 6) is -0.380. The van der Waals surface area contributed by atoms with Crippen LogP contribution in [0.1, 0.15) is 29.8 Å². The number of rotatable bonds is 3. The van der Waals surface area contributed by atoms with Crippen LogP contribution in [0.25, 0.3) is 0 Å². The number of carbonyl (C=O) groups is 1. The quantitative estimate of drug-likeness (QED) is 0.879. The van der Waals surface area contributed by atoms with E-state index in [9.17, 15) is 4.79 Å². The molecular formula is C14H20N2O2. The van der Waals surface area contributed by atoms with Crippen molar-refractivity contribution >= 4 is 5.91 Å². The fourth-order valence-electron chi connectivity index (χ4n) is 2.33. The highest BCUT2D eigenvalue weighted by molar-refractivity contribution is 5.92. The van der Waals surface area contributed by atoms with E-state index in [-0.39, 0.29) is 5.91 Å². The van der Waals surface area contributed by atoms with Crippen molar-refractivity contribution in [1.82, 2.24) is 4.90 Å². The molecular weight excluding hydrogens is 228 g/mol. The third-order valence-electron chi connectivity index (χ3n) is 3.45. The molecule has 0 bridgehead atoms. The first kappa shape index (κ1) is 13.1. The minimum absolute atomic E-state index is 0.380. The number of ether oxygens (including phenoxy) is 1. The van der Waals surface area contributed by atoms with E-state index in [1.807, 2.05) is 12.1 Å². The maximum absolute atomic E-state index is 11.0. The zero-order chi connectivity index (χ0) is 13.1. The molecule has 2 unspecified atom stereocenters. The lowest BCUT2D eigenvalue weighted by atomic mass is 10.1. The number of benzene rings is 1. The fraction of sp³-hybridized carbons (Fsp3) is 0.500. The van der Waals surface area contributed by atoms with Gasteiger partial charge in [0.05, 0.1) is 13.2 Å². The summed E-state index contributed by atoms with van der Waals surface area (Å²) in [7, 11) is 0. The third-order valence-corrected chi connectivity index (χ3v) is 3.45. The van der Waals surface area contributed by atoms with Gasteiger partial charge in [0.1, 0.15) is 0 Å². The number of nitrogens with two attached hydrogens (primary N) is 1. The summed E-state index contributed by atoms with van der Waals surface area (Å²) in [6.45, 7) is 6.79. The first-order valence-electron chi connectivity index (χ1n) is 6.30. The molecule has 1 aromatic carbocycles. The highest BCUT2D eigenvalue weighted by Gasteiger charge is 2.25. The smallest absolute Gasteiger partial charge is 0.248 e. The Morgan fingerprint density at radius 3 is 2.33 bits per heavy atom. The van der Waals surface area contributed by atoms with E-state index in [0.717, 1.165) is 19.8 Å². The van der Waals surface area contributed by atoms with Gasteiger partial charge in [-0.1, -0.05) is 12.1 Å². The first-order valence-corrected chi connectivity index (χ1v) is 6.30. The summed E-state index contributed by atoms with van der Waals surface area (Å²) >= 11 is 0. The lowest BCUT2D eigenvalue weighted by Crippen LogP contribution is -2.48. The average Bonchev–Trinajstić information content (AvgIpc) is 2.34. The topological polar surface area (TPSA) is 55.6 Å². The number of hydrogen-bond donors (Lipinski definition) is 1. The number of primary amides is 1. The van der Waals surface area contributed by atoms with Crippen LogP contribution in [0.3, 0.4) is 0 Å². The van der Waals surface area contributed by atoms with Gasteiger partial charge in [0, 0.05) is 24.2 Å². The minimum atomic E-state index is -0.380. The van der Waals surface area contributed by atoms with Gasteiger partial charge in [0.15, 0.2) is 0 Å². The van der Waals surface area contributed by atoms with Crippen LogP contribution in [0.5, 0.6) is 0 Å². The fourth-order valence-corrected chi connectivity index (χ4v) is 2.33. The van der Waals surface area contributed by atoms with Gasteiger partial charge in [-0.05, 0) is 31.5 Å². The van der Waals surface area contributed by atoms with Gasteiger partial charge in [-0.2, -0.15) is 0 Å². The van der Waals surface area contributed by atoms with Crippen molar-refractivity contribution in [3.8, 4) is 0 Å². The zero-order valence-electron chi connectivity index (χ0n) is 10.9. The molecule has 0 aliphatic carbocycles. The molecule has 1 amide bonds. The predicted octanol–water partition coefficient (Wildman–Crippen LogP) is 1.39. The maximum Gasteiger partial charge on any atom is 0.248 e. The highest BCUT2D eigenvalue weighted by atomic mass is 16.5. The van der Waals surface area contributed by atoms with Crippen LogP contribution in [0.2, 0.25) is 0 Å². The van der Waals surface area contributed by atoms with Crippen molar-refractivity contribution in [2.24, 2.45) is 5.73 Å².